The molecule has 4 fully saturated rings. The van der Waals surface area contributed by atoms with Gasteiger partial charge in [0.05, 0.1) is 64.9 Å². The fraction of sp³-hybridized carbons (Fsp3) is 0.589. The SMILES string of the molecule is CC(C)C[C@H](NC(=O)[C@H](CC(C)C)NC(=O)[C@H](Cc1c[nH]c2ccccc12)NC(=O)[C@H](CCC(N)=O)NC(=O)[C@@H](NC(=O)[C@H](Cc1ccccc1)NC(=O)[C@H](CC(=O)O)NC(=O)[C@@H](N)CCC(N)=O)C(C)C)C(=O)N[C@@H](CC(=O)O)C(=O)NCC(=O)NCC(=O)NCC(=O)N1CCC[C@H]1C(=O)N[C@@H](CO)C(=O)N[C@@H](CO)C(=O)NCC(=O)N[C@@H](C)C(=O)N1CCC[C@H]1C(=O)N1CCC[C@H]1C(=O)N1CCC[C@H]1C(=O)N[C@@H](CO)C(N)=O. The summed E-state index contributed by atoms with van der Waals surface area (Å²) in [5.74, 6) is -26.9. The van der Waals surface area contributed by atoms with Gasteiger partial charge in [0, 0.05) is 69.0 Å². The van der Waals surface area contributed by atoms with Crippen LogP contribution in [-0.2, 0) is 133 Å². The molecule has 0 bridgehead atoms. The lowest BCUT2D eigenvalue weighted by molar-refractivity contribution is -0.151. The number of aromatic nitrogens is 1. The molecule has 0 spiro atoms. The molecule has 55 nitrogen and oxygen atoms in total. The van der Waals surface area contributed by atoms with Crippen molar-refractivity contribution >= 4 is 159 Å². The highest BCUT2D eigenvalue weighted by atomic mass is 16.4. The van der Waals surface area contributed by atoms with Crippen molar-refractivity contribution in [3.8, 4) is 0 Å². The summed E-state index contributed by atoms with van der Waals surface area (Å²) in [4.78, 5) is 346. The van der Waals surface area contributed by atoms with E-state index in [2.05, 4.69) is 90.1 Å². The zero-order valence-corrected chi connectivity index (χ0v) is 84.4. The van der Waals surface area contributed by atoms with Crippen molar-refractivity contribution in [3.63, 3.8) is 0 Å². The van der Waals surface area contributed by atoms with Gasteiger partial charge in [0.2, 0.25) is 136 Å². The van der Waals surface area contributed by atoms with E-state index in [4.69, 9.17) is 22.9 Å². The van der Waals surface area contributed by atoms with Crippen molar-refractivity contribution in [1.82, 2.24) is 110 Å². The average Bonchev–Trinajstić information content (AvgIpc) is 1.64. The predicted molar refractivity (Wildman–Crippen MR) is 526 cm³/mol. The number of hydrogen-bond donors (Lipinski definition) is 26. The summed E-state index contributed by atoms with van der Waals surface area (Å²) in [5.41, 5.74) is 23.4. The van der Waals surface area contributed by atoms with Crippen LogP contribution in [0.4, 0.5) is 0 Å². The standard InChI is InChI=1S/C95H139N25O30/c1-47(2)33-57(109-86(141)60(36-52-39-100-55-20-12-11-19-53(52)55)111-83(138)56(26-28-71(98)125)106-92(147)78(49(5)6)116-88(143)59(35-51-17-9-8-10-18-51)110-87(142)62(38-77(132)133)107-80(135)54(96)25-27-70(97)124)84(139)108-58(34-48(3)4)85(140)112-61(37-76(130)131)81(136)103-41-73(127)101-40-72(126)102-43-75(129)117-29-13-21-66(117)90(145)115-65(46-123)89(144)114-64(45-122)82(137)104-42-74(128)105-50(7)93(148)119-31-15-23-68(119)95(150)120-32-16-24-69(120)94(149)118-30-14-22-67(118)91(146)113-63(44-121)79(99)134/h8-12,17-20,39,47-50,54,56-69,78,100,121-123H,13-16,21-38,40-46,96H2,1-7H3,(H2,97,124)(H2,98,125)(H2,99,134)(H,101,127)(H,102,126)(H,103,136)(H,104,137)(H,105,128)(H,106,147)(H,107,135)(H,108,139)(H,109,141)(H,110,142)(H,111,138)(H,112,140)(H,113,146)(H,114,144)(H,115,145)(H,116,143)(H,130,131)(H,132,133)/t50-,54-,56-,57-,58-,59-,60-,61-,62-,63-,64-,65-,66-,67-,68-,69-,78-/m0/s1. The monoisotopic (exact) mass is 2110 g/mol. The maximum absolute atomic E-state index is 15.1. The van der Waals surface area contributed by atoms with Crippen LogP contribution in [0.2, 0.25) is 0 Å². The minimum atomic E-state index is -1.95. The first-order chi connectivity index (χ1) is 70.9. The fourth-order valence-corrected chi connectivity index (χ4v) is 17.4. The molecular weight excluding hydrogens is 1970 g/mol. The van der Waals surface area contributed by atoms with E-state index in [1.807, 2.05) is 0 Å². The third-order valence-electron chi connectivity index (χ3n) is 25.3. The van der Waals surface area contributed by atoms with Gasteiger partial charge in [0.1, 0.15) is 96.7 Å². The number of H-pyrrole nitrogens is 1. The number of nitrogens with one attached hydrogen (secondary N) is 17. The highest BCUT2D eigenvalue weighted by Gasteiger charge is 2.48. The zero-order valence-electron chi connectivity index (χ0n) is 84.4. The number of aliphatic carboxylic acids is 2. The van der Waals surface area contributed by atoms with Crippen LogP contribution < -0.4 is 108 Å². The zero-order chi connectivity index (χ0) is 111. The van der Waals surface area contributed by atoms with Crippen LogP contribution >= 0.6 is 0 Å². The van der Waals surface area contributed by atoms with Crippen molar-refractivity contribution < 1.29 is 145 Å². The molecular formula is C95H139N25O30. The first kappa shape index (κ1) is 122. The number of primary amides is 3. The number of aliphatic hydroxyl groups excluding tert-OH is 3. The van der Waals surface area contributed by atoms with Crippen molar-refractivity contribution in [2.75, 3.05) is 72.2 Å². The van der Waals surface area contributed by atoms with Gasteiger partial charge < -0.3 is 158 Å². The maximum atomic E-state index is 15.1. The molecule has 0 unspecified atom stereocenters. The Kier molecular flexibility index (Phi) is 47.7. The molecule has 23 amide bonds. The Morgan fingerprint density at radius 2 is 0.773 bits per heavy atom. The molecule has 4 aliphatic rings. The molecule has 5 heterocycles. The number of fused-ring (bicyclic) bond motifs is 1. The van der Waals surface area contributed by atoms with Crippen LogP contribution in [0, 0.1) is 17.8 Å². The number of carboxylic acids is 2. The number of carbonyl (C=O) groups excluding carboxylic acids is 23. The molecule has 17 atom stereocenters. The van der Waals surface area contributed by atoms with Gasteiger partial charge in [-0.1, -0.05) is 90.1 Å². The number of likely N-dealkylation sites (tertiary alicyclic amines) is 4. The van der Waals surface area contributed by atoms with Crippen molar-refractivity contribution in [2.45, 2.75) is 267 Å². The van der Waals surface area contributed by atoms with Crippen LogP contribution in [0.1, 0.15) is 162 Å². The summed E-state index contributed by atoms with van der Waals surface area (Å²) in [6, 6.07) is -10.6. The largest absolute Gasteiger partial charge is 0.481 e. The number of nitrogens with zero attached hydrogens (tertiary/aromatic N) is 4. The second-order valence-electron chi connectivity index (χ2n) is 38.2. The molecule has 824 valence electrons. The van der Waals surface area contributed by atoms with Gasteiger partial charge in [-0.3, -0.25) is 120 Å². The van der Waals surface area contributed by atoms with E-state index >= 15 is 4.79 Å². The number of hydrogen-bond acceptors (Lipinski definition) is 29. The van der Waals surface area contributed by atoms with Gasteiger partial charge in [0.25, 0.3) is 0 Å². The molecule has 55 heteroatoms. The summed E-state index contributed by atoms with van der Waals surface area (Å²) >= 11 is 0. The van der Waals surface area contributed by atoms with Gasteiger partial charge in [-0.05, 0) is 119 Å². The summed E-state index contributed by atoms with van der Waals surface area (Å²) < 4.78 is 0. The molecule has 7 rings (SSSR count). The Morgan fingerprint density at radius 1 is 0.380 bits per heavy atom. The van der Waals surface area contributed by atoms with E-state index in [0.29, 0.717) is 41.3 Å². The van der Waals surface area contributed by atoms with E-state index in [9.17, 15) is 141 Å². The molecule has 2 aromatic carbocycles. The second-order valence-corrected chi connectivity index (χ2v) is 38.2. The van der Waals surface area contributed by atoms with Crippen molar-refractivity contribution in [3.05, 3.63) is 71.9 Å². The number of amides is 23. The highest BCUT2D eigenvalue weighted by molar-refractivity contribution is 6.03. The number of aliphatic hydroxyl groups is 3. The third kappa shape index (κ3) is 37.1. The van der Waals surface area contributed by atoms with E-state index in [0.717, 1.165) is 4.90 Å². The quantitative estimate of drug-likeness (QED) is 0.0249. The maximum Gasteiger partial charge on any atom is 0.305 e. The lowest BCUT2D eigenvalue weighted by atomic mass is 9.98. The number of carbonyl (C=O) groups is 25. The van der Waals surface area contributed by atoms with Crippen LogP contribution in [0.5, 0.6) is 0 Å². The number of aromatic amines is 1. The molecule has 0 aliphatic carbocycles. The second kappa shape index (κ2) is 58.9. The molecule has 0 saturated carbocycles. The van der Waals surface area contributed by atoms with E-state index in [-0.39, 0.29) is 96.8 Å². The Balaban J connectivity index is 0.905. The Labute approximate surface area is 861 Å². The van der Waals surface area contributed by atoms with Crippen LogP contribution in [-0.4, -0.2) is 373 Å². The molecule has 0 radical (unpaired) electrons. The molecule has 1 aromatic heterocycles. The molecule has 150 heavy (non-hydrogen) atoms. The van der Waals surface area contributed by atoms with Gasteiger partial charge >= 0.3 is 11.9 Å². The highest BCUT2D eigenvalue weighted by Crippen LogP contribution is 2.30. The van der Waals surface area contributed by atoms with Crippen LogP contribution in [0.3, 0.4) is 0 Å². The van der Waals surface area contributed by atoms with Gasteiger partial charge in [-0.2, -0.15) is 0 Å². The van der Waals surface area contributed by atoms with Gasteiger partial charge in [0.15, 0.2) is 0 Å². The molecule has 3 aromatic rings. The van der Waals surface area contributed by atoms with Gasteiger partial charge in [-0.25, -0.2) is 0 Å². The lowest BCUT2D eigenvalue weighted by Gasteiger charge is -2.34. The normalized spacial score (nSPS) is 17.9. The predicted octanol–water partition coefficient (Wildman–Crippen LogP) is -10.8. The Hall–Kier alpha value is -15.4. The van der Waals surface area contributed by atoms with Gasteiger partial charge in [-0.15, -0.1) is 0 Å². The summed E-state index contributed by atoms with van der Waals surface area (Å²) in [7, 11) is 0. The number of carboxylic acid groups (broad SMARTS) is 2. The topological polar surface area (TPSA) is 853 Å². The van der Waals surface area contributed by atoms with Crippen LogP contribution in [0.25, 0.3) is 10.9 Å². The number of nitrogens with two attached hydrogens (primary N) is 4. The number of benzene rings is 2. The summed E-state index contributed by atoms with van der Waals surface area (Å²) in [6.45, 7) is 5.10. The first-order valence-electron chi connectivity index (χ1n) is 49.3. The minimum Gasteiger partial charge on any atom is -0.481 e. The first-order valence-corrected chi connectivity index (χ1v) is 49.3. The van der Waals surface area contributed by atoms with Crippen molar-refractivity contribution in [2.24, 2.45) is 40.7 Å². The van der Waals surface area contributed by atoms with E-state index in [1.165, 1.54) is 35.5 Å². The summed E-state index contributed by atoms with van der Waals surface area (Å²) in [5, 5.41) is 88.2. The van der Waals surface area contributed by atoms with E-state index in [1.54, 1.807) is 88.5 Å². The smallest absolute Gasteiger partial charge is 0.305 e. The minimum absolute atomic E-state index is 0.00986. The summed E-state index contributed by atoms with van der Waals surface area (Å²) in [6.07, 6.45) is -0.971. The molecule has 4 aliphatic heterocycles. The molecule has 30 N–H and O–H groups in total. The average molecular weight is 2110 g/mol. The number of para-hydroxylation sites is 1. The Morgan fingerprint density at radius 3 is 1.31 bits per heavy atom. The number of rotatable bonds is 59. The van der Waals surface area contributed by atoms with E-state index < -0.39 is 340 Å². The molecule has 4 saturated heterocycles. The van der Waals surface area contributed by atoms with Crippen molar-refractivity contribution in [1.29, 1.82) is 0 Å². The fourth-order valence-electron chi connectivity index (χ4n) is 17.4. The lowest BCUT2D eigenvalue weighted by Crippen LogP contribution is -2.61. The third-order valence-corrected chi connectivity index (χ3v) is 25.3. The van der Waals surface area contributed by atoms with Crippen LogP contribution in [0.15, 0.2) is 60.8 Å². The Bertz CT molecular complexity index is 5390.